The summed E-state index contributed by atoms with van der Waals surface area (Å²) in [4.78, 5) is 18.4. The van der Waals surface area contributed by atoms with Crippen molar-refractivity contribution in [2.75, 3.05) is 6.26 Å². The number of rotatable bonds is 2. The molecule has 0 unspecified atom stereocenters. The van der Waals surface area contributed by atoms with Gasteiger partial charge in [-0.15, -0.1) is 6.42 Å². The fourth-order valence-electron chi connectivity index (χ4n) is 1.72. The molecular formula is C14H8FN3OS. The number of nitrogens with zero attached hydrogens (tertiary/aromatic N) is 2. The Labute approximate surface area is 118 Å². The Morgan fingerprint density at radius 2 is 2.25 bits per heavy atom. The molecule has 2 aromatic rings. The molecule has 6 heteroatoms. The molecule has 0 aliphatic rings. The molecule has 4 nitrogen and oxygen atoms in total. The van der Waals surface area contributed by atoms with Gasteiger partial charge in [0.1, 0.15) is 23.1 Å². The van der Waals surface area contributed by atoms with Gasteiger partial charge in [0.05, 0.1) is 5.56 Å². The van der Waals surface area contributed by atoms with Crippen molar-refractivity contribution in [3.8, 4) is 29.7 Å². The Morgan fingerprint density at radius 3 is 2.85 bits per heavy atom. The first kappa shape index (κ1) is 13.9. The molecule has 0 radical (unpaired) electrons. The van der Waals surface area contributed by atoms with Gasteiger partial charge < -0.3 is 4.98 Å². The number of terminal acetylenes is 1. The summed E-state index contributed by atoms with van der Waals surface area (Å²) in [6, 6.07) is 5.94. The van der Waals surface area contributed by atoms with Crippen LogP contribution in [0.15, 0.2) is 28.2 Å². The summed E-state index contributed by atoms with van der Waals surface area (Å²) in [5.41, 5.74) is -0.677. The molecule has 1 heterocycles. The Hall–Kier alpha value is -2.57. The molecular weight excluding hydrogens is 277 g/mol. The predicted molar refractivity (Wildman–Crippen MR) is 74.7 cm³/mol. The summed E-state index contributed by atoms with van der Waals surface area (Å²) in [7, 11) is 0. The van der Waals surface area contributed by atoms with E-state index in [2.05, 4.69) is 15.9 Å². The van der Waals surface area contributed by atoms with Gasteiger partial charge in [0, 0.05) is 5.56 Å². The molecule has 0 aliphatic carbocycles. The Balaban J connectivity index is 2.90. The number of aromatic amines is 1. The van der Waals surface area contributed by atoms with E-state index in [9.17, 15) is 9.18 Å². The van der Waals surface area contributed by atoms with Crippen LogP contribution in [0.3, 0.4) is 0 Å². The zero-order chi connectivity index (χ0) is 14.7. The maximum absolute atomic E-state index is 14.0. The molecule has 0 atom stereocenters. The van der Waals surface area contributed by atoms with Gasteiger partial charge in [-0.2, -0.15) is 5.26 Å². The van der Waals surface area contributed by atoms with Gasteiger partial charge in [-0.3, -0.25) is 4.79 Å². The molecule has 0 fully saturated rings. The van der Waals surface area contributed by atoms with E-state index in [-0.39, 0.29) is 27.5 Å². The number of hydrogen-bond acceptors (Lipinski definition) is 4. The van der Waals surface area contributed by atoms with E-state index in [1.165, 1.54) is 30.0 Å². The van der Waals surface area contributed by atoms with Gasteiger partial charge in [0.25, 0.3) is 5.56 Å². The minimum atomic E-state index is -0.623. The average Bonchev–Trinajstić information content (AvgIpc) is 2.46. The quantitative estimate of drug-likeness (QED) is 0.521. The van der Waals surface area contributed by atoms with Gasteiger partial charge >= 0.3 is 0 Å². The number of thioether (sulfide) groups is 1. The highest BCUT2D eigenvalue weighted by Crippen LogP contribution is 2.27. The largest absolute Gasteiger partial charge is 0.300 e. The standard InChI is InChI=1S/C14H8FN3OS/c1-3-8-5-4-6-10(15)11(8)12-9(7-16)13(19)18-14(17-12)20-2/h1,4-6H,2H3,(H,17,18,19). The van der Waals surface area contributed by atoms with E-state index in [1.54, 1.807) is 12.3 Å². The highest BCUT2D eigenvalue weighted by atomic mass is 32.2. The van der Waals surface area contributed by atoms with Gasteiger partial charge in [0.2, 0.25) is 0 Å². The topological polar surface area (TPSA) is 69.5 Å². The Bertz CT molecular complexity index is 815. The lowest BCUT2D eigenvalue weighted by molar-refractivity contribution is 0.630. The van der Waals surface area contributed by atoms with Crippen LogP contribution in [0.25, 0.3) is 11.3 Å². The van der Waals surface area contributed by atoms with Gasteiger partial charge in [0.15, 0.2) is 5.16 Å². The van der Waals surface area contributed by atoms with Crippen LogP contribution >= 0.6 is 11.8 Å². The number of hydrogen-bond donors (Lipinski definition) is 1. The van der Waals surface area contributed by atoms with Gasteiger partial charge in [-0.05, 0) is 18.4 Å². The lowest BCUT2D eigenvalue weighted by atomic mass is 10.0. The minimum absolute atomic E-state index is 0.00653. The van der Waals surface area contributed by atoms with Crippen LogP contribution in [0.5, 0.6) is 0 Å². The first-order valence-electron chi connectivity index (χ1n) is 5.46. The van der Waals surface area contributed by atoms with Crippen molar-refractivity contribution in [2.45, 2.75) is 5.16 Å². The van der Waals surface area contributed by atoms with Crippen LogP contribution in [0.1, 0.15) is 11.1 Å². The third-order valence-electron chi connectivity index (χ3n) is 2.61. The smallest absolute Gasteiger partial charge is 0.270 e. The number of nitriles is 1. The van der Waals surface area contributed by atoms with Crippen molar-refractivity contribution in [1.82, 2.24) is 9.97 Å². The number of benzene rings is 1. The third kappa shape index (κ3) is 2.29. The molecule has 0 saturated heterocycles. The summed E-state index contributed by atoms with van der Waals surface area (Å²) in [5.74, 6) is 1.71. The van der Waals surface area contributed by atoms with Crippen molar-refractivity contribution in [1.29, 1.82) is 5.26 Å². The number of nitrogens with one attached hydrogen (secondary N) is 1. The zero-order valence-corrected chi connectivity index (χ0v) is 11.2. The van der Waals surface area contributed by atoms with Crippen molar-refractivity contribution >= 4 is 11.8 Å². The second-order valence-corrected chi connectivity index (χ2v) is 4.51. The van der Waals surface area contributed by atoms with Crippen molar-refractivity contribution in [3.05, 3.63) is 45.5 Å². The second-order valence-electron chi connectivity index (χ2n) is 3.72. The summed E-state index contributed by atoms with van der Waals surface area (Å²) in [5, 5.41) is 9.37. The molecule has 0 spiro atoms. The molecule has 1 N–H and O–H groups in total. The maximum atomic E-state index is 14.0. The van der Waals surface area contributed by atoms with Crippen molar-refractivity contribution in [3.63, 3.8) is 0 Å². The van der Waals surface area contributed by atoms with Crippen LogP contribution in [0, 0.1) is 29.5 Å². The lowest BCUT2D eigenvalue weighted by Crippen LogP contribution is -2.15. The van der Waals surface area contributed by atoms with Crippen LogP contribution in [-0.4, -0.2) is 16.2 Å². The summed E-state index contributed by atoms with van der Waals surface area (Å²) in [6.45, 7) is 0. The average molecular weight is 285 g/mol. The number of H-pyrrole nitrogens is 1. The highest BCUT2D eigenvalue weighted by Gasteiger charge is 2.19. The summed E-state index contributed by atoms with van der Waals surface area (Å²) < 4.78 is 14.0. The third-order valence-corrected chi connectivity index (χ3v) is 3.19. The first-order valence-corrected chi connectivity index (χ1v) is 6.68. The molecule has 0 bridgehead atoms. The van der Waals surface area contributed by atoms with Gasteiger partial charge in [-0.1, -0.05) is 23.7 Å². The fraction of sp³-hybridized carbons (Fsp3) is 0.0714. The lowest BCUT2D eigenvalue weighted by Gasteiger charge is -2.08. The van der Waals surface area contributed by atoms with Crippen LogP contribution < -0.4 is 5.56 Å². The molecule has 1 aromatic carbocycles. The van der Waals surface area contributed by atoms with Crippen LogP contribution in [-0.2, 0) is 0 Å². The second kappa shape index (κ2) is 5.60. The molecule has 0 amide bonds. The fourth-order valence-corrected chi connectivity index (χ4v) is 2.10. The van der Waals surface area contributed by atoms with Crippen LogP contribution in [0.4, 0.5) is 4.39 Å². The summed E-state index contributed by atoms with van der Waals surface area (Å²) >= 11 is 1.18. The van der Waals surface area contributed by atoms with E-state index in [0.29, 0.717) is 0 Å². The van der Waals surface area contributed by atoms with E-state index in [4.69, 9.17) is 11.7 Å². The molecule has 1 aromatic heterocycles. The minimum Gasteiger partial charge on any atom is -0.300 e. The molecule has 20 heavy (non-hydrogen) atoms. The zero-order valence-electron chi connectivity index (χ0n) is 10.4. The van der Waals surface area contributed by atoms with Gasteiger partial charge in [-0.25, -0.2) is 9.37 Å². The van der Waals surface area contributed by atoms with E-state index in [1.807, 2.05) is 0 Å². The molecule has 98 valence electrons. The Morgan fingerprint density at radius 1 is 1.50 bits per heavy atom. The monoisotopic (exact) mass is 285 g/mol. The number of aromatic nitrogens is 2. The molecule has 2 rings (SSSR count). The van der Waals surface area contributed by atoms with E-state index >= 15 is 0 Å². The maximum Gasteiger partial charge on any atom is 0.270 e. The predicted octanol–water partition coefficient (Wildman–Crippen LogP) is 2.15. The van der Waals surface area contributed by atoms with Crippen molar-refractivity contribution < 1.29 is 4.39 Å². The van der Waals surface area contributed by atoms with Crippen molar-refractivity contribution in [2.24, 2.45) is 0 Å². The first-order chi connectivity index (χ1) is 9.62. The van der Waals surface area contributed by atoms with E-state index in [0.717, 1.165) is 0 Å². The summed E-state index contributed by atoms with van der Waals surface area (Å²) in [6.07, 6.45) is 7.04. The SMILES string of the molecule is C#Cc1cccc(F)c1-c1nc(SC)[nH]c(=O)c1C#N. The normalized spacial score (nSPS) is 9.80. The highest BCUT2D eigenvalue weighted by molar-refractivity contribution is 7.98. The van der Waals surface area contributed by atoms with Crippen LogP contribution in [0.2, 0.25) is 0 Å². The molecule has 0 aliphatic heterocycles. The van der Waals surface area contributed by atoms with E-state index < -0.39 is 11.4 Å². The Kier molecular flexibility index (Phi) is 3.88. The molecule has 0 saturated carbocycles. The number of halogens is 1.